The van der Waals surface area contributed by atoms with E-state index in [0.717, 1.165) is 23.4 Å². The van der Waals surface area contributed by atoms with Crippen LogP contribution in [0.15, 0.2) is 53.7 Å². The molecule has 7 heteroatoms. The van der Waals surface area contributed by atoms with Crippen molar-refractivity contribution in [3.63, 3.8) is 0 Å². The molecule has 3 rings (SSSR count). The highest BCUT2D eigenvalue weighted by Crippen LogP contribution is 2.26. The Bertz CT molecular complexity index is 762. The summed E-state index contributed by atoms with van der Waals surface area (Å²) >= 11 is 0. The number of nitrogens with one attached hydrogen (secondary N) is 1. The monoisotopic (exact) mass is 373 g/mol. The highest BCUT2D eigenvalue weighted by atomic mass is 32.2. The van der Waals surface area contributed by atoms with Crippen LogP contribution in [0.3, 0.4) is 0 Å². The van der Waals surface area contributed by atoms with Gasteiger partial charge < -0.3 is 15.0 Å². The third-order valence-corrected chi connectivity index (χ3v) is 6.14. The van der Waals surface area contributed by atoms with Crippen LogP contribution in [0.5, 0.6) is 5.75 Å². The number of carbonyl (C=O) groups is 1. The Morgan fingerprint density at radius 3 is 2.62 bits per heavy atom. The zero-order valence-electron chi connectivity index (χ0n) is 14.8. The van der Waals surface area contributed by atoms with E-state index in [9.17, 15) is 9.00 Å². The number of hydrogen-bond donors (Lipinski definition) is 1. The van der Waals surface area contributed by atoms with Crippen molar-refractivity contribution >= 4 is 22.5 Å². The van der Waals surface area contributed by atoms with Gasteiger partial charge in [-0.1, -0.05) is 12.1 Å². The van der Waals surface area contributed by atoms with Crippen molar-refractivity contribution in [2.75, 3.05) is 31.3 Å². The van der Waals surface area contributed by atoms with E-state index in [-0.39, 0.29) is 6.03 Å². The third kappa shape index (κ3) is 4.60. The molecule has 6 nitrogen and oxygen atoms in total. The number of rotatable bonds is 5. The van der Waals surface area contributed by atoms with Crippen LogP contribution < -0.4 is 10.1 Å². The predicted octanol–water partition coefficient (Wildman–Crippen LogP) is 3.14. The Morgan fingerprint density at radius 2 is 1.92 bits per heavy atom. The maximum absolute atomic E-state index is 12.7. The van der Waals surface area contributed by atoms with Gasteiger partial charge in [0.1, 0.15) is 5.75 Å². The van der Waals surface area contributed by atoms with E-state index >= 15 is 0 Å². The van der Waals surface area contributed by atoms with Gasteiger partial charge in [0.15, 0.2) is 0 Å². The minimum atomic E-state index is -1.10. The van der Waals surface area contributed by atoms with Crippen LogP contribution in [-0.2, 0) is 10.8 Å². The van der Waals surface area contributed by atoms with E-state index in [0.29, 0.717) is 30.5 Å². The molecule has 0 spiro atoms. The Hall–Kier alpha value is -2.41. The molecule has 0 radical (unpaired) electrons. The summed E-state index contributed by atoms with van der Waals surface area (Å²) in [7, 11) is 0.496. The molecule has 1 aliphatic rings. The van der Waals surface area contributed by atoms with Gasteiger partial charge in [-0.15, -0.1) is 0 Å². The lowest BCUT2D eigenvalue weighted by molar-refractivity contribution is 0.187. The van der Waals surface area contributed by atoms with E-state index in [4.69, 9.17) is 4.74 Å². The first-order valence-electron chi connectivity index (χ1n) is 8.64. The normalized spacial score (nSPS) is 16.1. The Labute approximate surface area is 156 Å². The van der Waals surface area contributed by atoms with Crippen molar-refractivity contribution in [1.82, 2.24) is 9.88 Å². The molecule has 2 amide bonds. The predicted molar refractivity (Wildman–Crippen MR) is 102 cm³/mol. The van der Waals surface area contributed by atoms with E-state index in [1.54, 1.807) is 31.6 Å². The summed E-state index contributed by atoms with van der Waals surface area (Å²) in [5.74, 6) is 1.60. The fraction of sp³-hybridized carbons (Fsp3) is 0.368. The fourth-order valence-corrected chi connectivity index (χ4v) is 4.60. The van der Waals surface area contributed by atoms with E-state index in [1.165, 1.54) is 0 Å². The molecule has 0 bridgehead atoms. The molecular formula is C19H23N3O3S. The summed E-state index contributed by atoms with van der Waals surface area (Å²) in [6, 6.07) is 10.9. The molecule has 1 saturated heterocycles. The molecule has 1 atom stereocenters. The first kappa shape index (κ1) is 18.4. The van der Waals surface area contributed by atoms with Crippen LogP contribution in [0.1, 0.15) is 12.8 Å². The zero-order valence-corrected chi connectivity index (χ0v) is 15.6. The number of carbonyl (C=O) groups excluding carboxylic acids is 1. The van der Waals surface area contributed by atoms with Gasteiger partial charge >= 0.3 is 6.03 Å². The van der Waals surface area contributed by atoms with Gasteiger partial charge in [0, 0.05) is 36.9 Å². The molecule has 138 valence electrons. The quantitative estimate of drug-likeness (QED) is 0.874. The van der Waals surface area contributed by atoms with E-state index < -0.39 is 10.8 Å². The largest absolute Gasteiger partial charge is 0.495 e. The number of benzene rings is 1. The van der Waals surface area contributed by atoms with Crippen LogP contribution in [0.2, 0.25) is 0 Å². The molecule has 0 aliphatic carbocycles. The lowest BCUT2D eigenvalue weighted by Crippen LogP contribution is -2.41. The summed E-state index contributed by atoms with van der Waals surface area (Å²) in [4.78, 5) is 18.8. The van der Waals surface area contributed by atoms with Crippen molar-refractivity contribution < 1.29 is 13.7 Å². The smallest absolute Gasteiger partial charge is 0.321 e. The second-order valence-electron chi connectivity index (χ2n) is 6.26. The van der Waals surface area contributed by atoms with Gasteiger partial charge in [0.05, 0.1) is 22.8 Å². The molecule has 1 aromatic heterocycles. The number of hydrogen-bond acceptors (Lipinski definition) is 4. The molecule has 0 saturated carbocycles. The highest BCUT2D eigenvalue weighted by Gasteiger charge is 2.25. The van der Waals surface area contributed by atoms with Gasteiger partial charge in [-0.25, -0.2) is 4.79 Å². The molecule has 2 heterocycles. The van der Waals surface area contributed by atoms with Gasteiger partial charge in [0.25, 0.3) is 0 Å². The number of likely N-dealkylation sites (tertiary alicyclic amines) is 1. The van der Waals surface area contributed by atoms with E-state index in [1.807, 2.05) is 29.2 Å². The number of anilines is 1. The van der Waals surface area contributed by atoms with Crippen LogP contribution in [0.4, 0.5) is 10.5 Å². The Balaban J connectivity index is 1.50. The molecule has 26 heavy (non-hydrogen) atoms. The maximum Gasteiger partial charge on any atom is 0.321 e. The fourth-order valence-electron chi connectivity index (χ4n) is 3.05. The standard InChI is InChI=1S/C19H23N3O3S/c1-25-17-4-2-3-5-18(17)26(24)14-15-8-12-22(13-9-15)19(23)21-16-6-10-20-11-7-16/h2-7,10-11,15H,8-9,12-14H2,1H3,(H,20,21,23). The summed E-state index contributed by atoms with van der Waals surface area (Å²) in [5, 5.41) is 2.88. The molecule has 1 unspecified atom stereocenters. The van der Waals surface area contributed by atoms with Gasteiger partial charge in [-0.2, -0.15) is 0 Å². The highest BCUT2D eigenvalue weighted by molar-refractivity contribution is 7.85. The van der Waals surface area contributed by atoms with E-state index in [2.05, 4.69) is 10.3 Å². The minimum Gasteiger partial charge on any atom is -0.495 e. The first-order valence-corrected chi connectivity index (χ1v) is 9.96. The molecule has 2 aromatic rings. The summed E-state index contributed by atoms with van der Waals surface area (Å²) < 4.78 is 18.0. The van der Waals surface area contributed by atoms with Gasteiger partial charge in [-0.3, -0.25) is 9.19 Å². The van der Waals surface area contributed by atoms with Gasteiger partial charge in [0.2, 0.25) is 0 Å². The lowest BCUT2D eigenvalue weighted by atomic mass is 9.99. The lowest BCUT2D eigenvalue weighted by Gasteiger charge is -2.31. The zero-order chi connectivity index (χ0) is 18.4. The van der Waals surface area contributed by atoms with Crippen LogP contribution in [-0.4, -0.2) is 46.1 Å². The number of amides is 2. The summed E-state index contributed by atoms with van der Waals surface area (Å²) in [5.41, 5.74) is 0.740. The van der Waals surface area contributed by atoms with Crippen molar-refractivity contribution in [1.29, 1.82) is 0 Å². The van der Waals surface area contributed by atoms with Crippen molar-refractivity contribution in [3.8, 4) is 5.75 Å². The third-order valence-electron chi connectivity index (χ3n) is 4.53. The van der Waals surface area contributed by atoms with Gasteiger partial charge in [-0.05, 0) is 43.0 Å². The summed E-state index contributed by atoms with van der Waals surface area (Å²) in [6.07, 6.45) is 5.00. The number of aromatic nitrogens is 1. The van der Waals surface area contributed by atoms with Crippen molar-refractivity contribution in [2.24, 2.45) is 5.92 Å². The Kier molecular flexibility index (Phi) is 6.22. The second kappa shape index (κ2) is 8.80. The number of nitrogens with zero attached hydrogens (tertiary/aromatic N) is 2. The number of methoxy groups -OCH3 is 1. The molecule has 1 fully saturated rings. The molecule has 1 N–H and O–H groups in total. The number of urea groups is 1. The van der Waals surface area contributed by atoms with Crippen LogP contribution in [0, 0.1) is 5.92 Å². The maximum atomic E-state index is 12.7. The SMILES string of the molecule is COc1ccccc1S(=O)CC1CCN(C(=O)Nc2ccncc2)CC1. The van der Waals surface area contributed by atoms with Crippen LogP contribution >= 0.6 is 0 Å². The molecule has 1 aromatic carbocycles. The second-order valence-corrected chi connectivity index (χ2v) is 7.72. The molecule has 1 aliphatic heterocycles. The number of piperidine rings is 1. The van der Waals surface area contributed by atoms with Crippen molar-refractivity contribution in [3.05, 3.63) is 48.8 Å². The van der Waals surface area contributed by atoms with Crippen molar-refractivity contribution in [2.45, 2.75) is 17.7 Å². The van der Waals surface area contributed by atoms with Crippen LogP contribution in [0.25, 0.3) is 0 Å². The summed E-state index contributed by atoms with van der Waals surface area (Å²) in [6.45, 7) is 1.34. The molecular weight excluding hydrogens is 350 g/mol. The average molecular weight is 373 g/mol. The topological polar surface area (TPSA) is 71.5 Å². The number of ether oxygens (including phenoxy) is 1. The Morgan fingerprint density at radius 1 is 1.23 bits per heavy atom. The number of para-hydroxylation sites is 1. The average Bonchev–Trinajstić information content (AvgIpc) is 2.69. The minimum absolute atomic E-state index is 0.0968. The number of pyridine rings is 1. The first-order chi connectivity index (χ1) is 12.7.